The molecule has 1 atom stereocenters. The summed E-state index contributed by atoms with van der Waals surface area (Å²) in [5.74, 6) is 0.557. The zero-order valence-corrected chi connectivity index (χ0v) is 14.0. The SMILES string of the molecule is COCCNC(c1ccc(C(C)C)cc1)c1nc(C)cs1. The van der Waals surface area contributed by atoms with Crippen molar-refractivity contribution in [1.29, 1.82) is 0 Å². The summed E-state index contributed by atoms with van der Waals surface area (Å²) in [5, 5.41) is 6.75. The zero-order valence-electron chi connectivity index (χ0n) is 13.2. The van der Waals surface area contributed by atoms with Crippen LogP contribution in [0, 0.1) is 6.92 Å². The van der Waals surface area contributed by atoms with Crippen LogP contribution in [0.5, 0.6) is 0 Å². The van der Waals surface area contributed by atoms with Crippen LogP contribution in [0.25, 0.3) is 0 Å². The van der Waals surface area contributed by atoms with E-state index in [9.17, 15) is 0 Å². The molecule has 0 fully saturated rings. The number of nitrogens with zero attached hydrogens (tertiary/aromatic N) is 1. The number of methoxy groups -OCH3 is 1. The van der Waals surface area contributed by atoms with Gasteiger partial charge in [-0.2, -0.15) is 0 Å². The molecule has 1 aromatic heterocycles. The Kier molecular flexibility index (Phi) is 5.91. The van der Waals surface area contributed by atoms with E-state index in [1.54, 1.807) is 18.4 Å². The number of ether oxygens (including phenoxy) is 1. The first kappa shape index (κ1) is 16.1. The van der Waals surface area contributed by atoms with Crippen LogP contribution < -0.4 is 5.32 Å². The zero-order chi connectivity index (χ0) is 15.2. The van der Waals surface area contributed by atoms with Gasteiger partial charge in [-0.05, 0) is 24.0 Å². The van der Waals surface area contributed by atoms with Crippen LogP contribution in [-0.4, -0.2) is 25.2 Å². The van der Waals surface area contributed by atoms with E-state index in [0.29, 0.717) is 12.5 Å². The lowest BCUT2D eigenvalue weighted by molar-refractivity contribution is 0.197. The van der Waals surface area contributed by atoms with Gasteiger partial charge in [-0.15, -0.1) is 11.3 Å². The summed E-state index contributed by atoms with van der Waals surface area (Å²) in [5.41, 5.74) is 3.70. The molecule has 0 aliphatic carbocycles. The molecule has 1 aromatic carbocycles. The number of aryl methyl sites for hydroxylation is 1. The van der Waals surface area contributed by atoms with E-state index in [0.717, 1.165) is 17.2 Å². The molecule has 114 valence electrons. The highest BCUT2D eigenvalue weighted by Gasteiger charge is 2.17. The number of hydrogen-bond acceptors (Lipinski definition) is 4. The summed E-state index contributed by atoms with van der Waals surface area (Å²) in [6.45, 7) is 7.98. The summed E-state index contributed by atoms with van der Waals surface area (Å²) < 4.78 is 5.14. The minimum Gasteiger partial charge on any atom is -0.383 e. The van der Waals surface area contributed by atoms with Crippen LogP contribution in [0.3, 0.4) is 0 Å². The van der Waals surface area contributed by atoms with Crippen molar-refractivity contribution >= 4 is 11.3 Å². The molecule has 0 spiro atoms. The van der Waals surface area contributed by atoms with Crippen molar-refractivity contribution in [3.63, 3.8) is 0 Å². The lowest BCUT2D eigenvalue weighted by atomic mass is 9.99. The van der Waals surface area contributed by atoms with Crippen molar-refractivity contribution in [2.24, 2.45) is 0 Å². The number of nitrogens with one attached hydrogen (secondary N) is 1. The Labute approximate surface area is 131 Å². The van der Waals surface area contributed by atoms with Gasteiger partial charge >= 0.3 is 0 Å². The molecule has 0 bridgehead atoms. The Bertz CT molecular complexity index is 548. The number of thiazole rings is 1. The first-order chi connectivity index (χ1) is 10.1. The average molecular weight is 304 g/mol. The van der Waals surface area contributed by atoms with Gasteiger partial charge in [0.25, 0.3) is 0 Å². The molecule has 21 heavy (non-hydrogen) atoms. The maximum atomic E-state index is 5.14. The van der Waals surface area contributed by atoms with Gasteiger partial charge in [0, 0.05) is 24.7 Å². The summed E-state index contributed by atoms with van der Waals surface area (Å²) in [6, 6.07) is 8.98. The molecular weight excluding hydrogens is 280 g/mol. The molecule has 3 nitrogen and oxygen atoms in total. The van der Waals surface area contributed by atoms with Crippen molar-refractivity contribution in [1.82, 2.24) is 10.3 Å². The van der Waals surface area contributed by atoms with E-state index < -0.39 is 0 Å². The van der Waals surface area contributed by atoms with E-state index in [2.05, 4.69) is 53.8 Å². The average Bonchev–Trinajstić information content (AvgIpc) is 2.90. The Morgan fingerprint density at radius 2 is 1.86 bits per heavy atom. The van der Waals surface area contributed by atoms with Crippen LogP contribution in [0.4, 0.5) is 0 Å². The Morgan fingerprint density at radius 3 is 2.38 bits per heavy atom. The predicted molar refractivity (Wildman–Crippen MR) is 89.1 cm³/mol. The molecule has 1 N–H and O–H groups in total. The number of rotatable bonds is 7. The number of benzene rings is 1. The molecule has 0 aliphatic heterocycles. The molecule has 0 aliphatic rings. The second-order valence-corrected chi connectivity index (χ2v) is 6.42. The highest BCUT2D eigenvalue weighted by atomic mass is 32.1. The van der Waals surface area contributed by atoms with Crippen LogP contribution in [-0.2, 0) is 4.74 Å². The molecule has 0 saturated carbocycles. The van der Waals surface area contributed by atoms with Gasteiger partial charge in [-0.3, -0.25) is 0 Å². The van der Waals surface area contributed by atoms with Crippen molar-refractivity contribution in [2.75, 3.05) is 20.3 Å². The third-order valence-electron chi connectivity index (χ3n) is 3.47. The summed E-state index contributed by atoms with van der Waals surface area (Å²) in [7, 11) is 1.72. The Balaban J connectivity index is 2.21. The maximum Gasteiger partial charge on any atom is 0.114 e. The fraction of sp³-hybridized carbons (Fsp3) is 0.471. The second kappa shape index (κ2) is 7.69. The quantitative estimate of drug-likeness (QED) is 0.788. The first-order valence-electron chi connectivity index (χ1n) is 7.36. The lowest BCUT2D eigenvalue weighted by Crippen LogP contribution is -2.26. The molecule has 4 heteroatoms. The maximum absolute atomic E-state index is 5.14. The van der Waals surface area contributed by atoms with Crippen LogP contribution in [0.1, 0.15) is 47.6 Å². The molecule has 1 unspecified atom stereocenters. The van der Waals surface area contributed by atoms with Crippen molar-refractivity contribution in [3.05, 3.63) is 51.5 Å². The number of hydrogen-bond donors (Lipinski definition) is 1. The normalized spacial score (nSPS) is 12.8. The van der Waals surface area contributed by atoms with Gasteiger partial charge in [0.15, 0.2) is 0 Å². The summed E-state index contributed by atoms with van der Waals surface area (Å²) in [6.07, 6.45) is 0. The molecule has 2 rings (SSSR count). The van der Waals surface area contributed by atoms with Gasteiger partial charge in [-0.1, -0.05) is 38.1 Å². The summed E-state index contributed by atoms with van der Waals surface area (Å²) >= 11 is 1.71. The van der Waals surface area contributed by atoms with Crippen LogP contribution in [0.15, 0.2) is 29.6 Å². The molecular formula is C17H24N2OS. The fourth-order valence-corrected chi connectivity index (χ4v) is 3.13. The molecule has 0 amide bonds. The van der Waals surface area contributed by atoms with Gasteiger partial charge in [0.2, 0.25) is 0 Å². The highest BCUT2D eigenvalue weighted by molar-refractivity contribution is 7.09. The predicted octanol–water partition coefficient (Wildman–Crippen LogP) is 3.90. The Hall–Kier alpha value is -1.23. The molecule has 0 saturated heterocycles. The smallest absolute Gasteiger partial charge is 0.114 e. The lowest BCUT2D eigenvalue weighted by Gasteiger charge is -2.18. The standard InChI is InChI=1S/C17H24N2OS/c1-12(2)14-5-7-15(8-6-14)16(18-9-10-20-4)17-19-13(3)11-21-17/h5-8,11-12,16,18H,9-10H2,1-4H3. The highest BCUT2D eigenvalue weighted by Crippen LogP contribution is 2.26. The topological polar surface area (TPSA) is 34.1 Å². The van der Waals surface area contributed by atoms with Gasteiger partial charge < -0.3 is 10.1 Å². The van der Waals surface area contributed by atoms with Crippen LogP contribution in [0.2, 0.25) is 0 Å². The van der Waals surface area contributed by atoms with Crippen LogP contribution >= 0.6 is 11.3 Å². The van der Waals surface area contributed by atoms with Gasteiger partial charge in [-0.25, -0.2) is 4.98 Å². The third kappa shape index (κ3) is 4.37. The largest absolute Gasteiger partial charge is 0.383 e. The molecule has 1 heterocycles. The summed E-state index contributed by atoms with van der Waals surface area (Å²) in [4.78, 5) is 4.64. The van der Waals surface area contributed by atoms with E-state index in [1.165, 1.54) is 11.1 Å². The van der Waals surface area contributed by atoms with Crippen molar-refractivity contribution in [2.45, 2.75) is 32.7 Å². The fourth-order valence-electron chi connectivity index (χ4n) is 2.23. The monoisotopic (exact) mass is 304 g/mol. The molecule has 2 aromatic rings. The number of aromatic nitrogens is 1. The Morgan fingerprint density at radius 1 is 1.19 bits per heavy atom. The van der Waals surface area contributed by atoms with E-state index in [1.807, 2.05) is 6.92 Å². The first-order valence-corrected chi connectivity index (χ1v) is 8.24. The van der Waals surface area contributed by atoms with Crippen molar-refractivity contribution in [3.8, 4) is 0 Å². The van der Waals surface area contributed by atoms with E-state index in [4.69, 9.17) is 4.74 Å². The minimum atomic E-state index is 0.139. The van der Waals surface area contributed by atoms with Gasteiger partial charge in [0.05, 0.1) is 12.6 Å². The van der Waals surface area contributed by atoms with Crippen molar-refractivity contribution < 1.29 is 4.74 Å². The van der Waals surface area contributed by atoms with E-state index >= 15 is 0 Å². The minimum absolute atomic E-state index is 0.139. The van der Waals surface area contributed by atoms with E-state index in [-0.39, 0.29) is 6.04 Å². The molecule has 0 radical (unpaired) electrons. The second-order valence-electron chi connectivity index (χ2n) is 5.53. The van der Waals surface area contributed by atoms with Gasteiger partial charge in [0.1, 0.15) is 5.01 Å². The third-order valence-corrected chi connectivity index (χ3v) is 4.50.